The molecule has 1 atom stereocenters. The first-order chi connectivity index (χ1) is 15.8. The van der Waals surface area contributed by atoms with Gasteiger partial charge in [-0.25, -0.2) is 0 Å². The molecule has 1 unspecified atom stereocenters. The fraction of sp³-hybridized carbons (Fsp3) is 0.444. The predicted molar refractivity (Wildman–Crippen MR) is 139 cm³/mol. The number of likely N-dealkylation sites (tertiary alicyclic amines) is 1. The summed E-state index contributed by atoms with van der Waals surface area (Å²) in [5.74, 6) is 0.151. The van der Waals surface area contributed by atoms with Crippen LogP contribution in [0.15, 0.2) is 48.5 Å². The molecule has 2 N–H and O–H groups in total. The summed E-state index contributed by atoms with van der Waals surface area (Å²) in [6.45, 7) is 7.87. The molecular formula is C27H35N3O2S. The van der Waals surface area contributed by atoms with Crippen molar-refractivity contribution in [1.82, 2.24) is 10.2 Å². The van der Waals surface area contributed by atoms with Crippen LogP contribution in [0.25, 0.3) is 0 Å². The SMILES string of the molecule is CC(C)Cc1ccc(C(C)C(=O)NC(=S)Nc2cccc(C(=O)N3CCCCCC3)c2)cc1. The van der Waals surface area contributed by atoms with E-state index in [2.05, 4.69) is 36.6 Å². The molecule has 1 fully saturated rings. The summed E-state index contributed by atoms with van der Waals surface area (Å²) < 4.78 is 0. The Labute approximate surface area is 202 Å². The van der Waals surface area contributed by atoms with Crippen molar-refractivity contribution in [1.29, 1.82) is 0 Å². The molecule has 1 saturated heterocycles. The number of anilines is 1. The Morgan fingerprint density at radius 3 is 2.27 bits per heavy atom. The van der Waals surface area contributed by atoms with Crippen LogP contribution in [0, 0.1) is 5.92 Å². The van der Waals surface area contributed by atoms with Gasteiger partial charge in [-0.15, -0.1) is 0 Å². The largest absolute Gasteiger partial charge is 0.339 e. The molecule has 1 aliphatic rings. The topological polar surface area (TPSA) is 61.4 Å². The fourth-order valence-electron chi connectivity index (χ4n) is 4.13. The van der Waals surface area contributed by atoms with E-state index >= 15 is 0 Å². The van der Waals surface area contributed by atoms with Gasteiger partial charge in [0.05, 0.1) is 5.92 Å². The van der Waals surface area contributed by atoms with E-state index in [0.29, 0.717) is 17.2 Å². The van der Waals surface area contributed by atoms with Gasteiger partial charge in [0, 0.05) is 24.3 Å². The molecule has 33 heavy (non-hydrogen) atoms. The molecule has 3 rings (SSSR count). The zero-order valence-corrected chi connectivity index (χ0v) is 20.7. The van der Waals surface area contributed by atoms with Crippen LogP contribution >= 0.6 is 12.2 Å². The summed E-state index contributed by atoms with van der Waals surface area (Å²) in [4.78, 5) is 27.5. The van der Waals surface area contributed by atoms with E-state index in [4.69, 9.17) is 12.2 Å². The number of thiocarbonyl (C=S) groups is 1. The van der Waals surface area contributed by atoms with Crippen molar-refractivity contribution in [2.24, 2.45) is 5.92 Å². The van der Waals surface area contributed by atoms with E-state index in [1.165, 1.54) is 18.4 Å². The second-order valence-corrected chi connectivity index (χ2v) is 9.70. The lowest BCUT2D eigenvalue weighted by Crippen LogP contribution is -2.37. The molecule has 176 valence electrons. The fourth-order valence-corrected chi connectivity index (χ4v) is 4.35. The zero-order chi connectivity index (χ0) is 23.8. The summed E-state index contributed by atoms with van der Waals surface area (Å²) in [6, 6.07) is 15.5. The molecule has 1 aliphatic heterocycles. The maximum Gasteiger partial charge on any atom is 0.253 e. The number of nitrogens with zero attached hydrogens (tertiary/aromatic N) is 1. The molecular weight excluding hydrogens is 430 g/mol. The van der Waals surface area contributed by atoms with E-state index in [1.807, 2.05) is 42.2 Å². The van der Waals surface area contributed by atoms with Crippen LogP contribution in [-0.2, 0) is 11.2 Å². The maximum atomic E-state index is 12.9. The Morgan fingerprint density at radius 2 is 1.64 bits per heavy atom. The molecule has 1 heterocycles. The van der Waals surface area contributed by atoms with Crippen LogP contribution in [0.3, 0.4) is 0 Å². The number of carbonyl (C=O) groups is 2. The third-order valence-electron chi connectivity index (χ3n) is 6.01. The summed E-state index contributed by atoms with van der Waals surface area (Å²) >= 11 is 5.36. The number of benzene rings is 2. The molecule has 6 heteroatoms. The molecule has 0 aliphatic carbocycles. The zero-order valence-electron chi connectivity index (χ0n) is 19.9. The molecule has 2 aromatic rings. The molecule has 2 amide bonds. The smallest absolute Gasteiger partial charge is 0.253 e. The number of hydrogen-bond donors (Lipinski definition) is 2. The molecule has 2 aromatic carbocycles. The van der Waals surface area contributed by atoms with Gasteiger partial charge in [0.2, 0.25) is 5.91 Å². The van der Waals surface area contributed by atoms with Crippen molar-refractivity contribution in [2.75, 3.05) is 18.4 Å². The van der Waals surface area contributed by atoms with Crippen LogP contribution in [0.5, 0.6) is 0 Å². The third-order valence-corrected chi connectivity index (χ3v) is 6.22. The van der Waals surface area contributed by atoms with Gasteiger partial charge < -0.3 is 15.5 Å². The van der Waals surface area contributed by atoms with Crippen molar-refractivity contribution in [3.8, 4) is 0 Å². The van der Waals surface area contributed by atoms with E-state index < -0.39 is 0 Å². The highest BCUT2D eigenvalue weighted by Crippen LogP contribution is 2.19. The minimum atomic E-state index is -0.325. The van der Waals surface area contributed by atoms with Crippen molar-refractivity contribution in [3.63, 3.8) is 0 Å². The Morgan fingerprint density at radius 1 is 0.970 bits per heavy atom. The summed E-state index contributed by atoms with van der Waals surface area (Å²) in [5.41, 5.74) is 3.54. The standard InChI is InChI=1S/C27H35N3O2S/c1-19(2)17-21-11-13-22(14-12-21)20(3)25(31)29-27(33)28-24-10-8-9-23(18-24)26(32)30-15-6-4-5-7-16-30/h8-14,18-20H,4-7,15-17H2,1-3H3,(H2,28,29,31,33). The van der Waals surface area contributed by atoms with Crippen molar-refractivity contribution < 1.29 is 9.59 Å². The third kappa shape index (κ3) is 7.39. The number of hydrogen-bond acceptors (Lipinski definition) is 3. The van der Waals surface area contributed by atoms with E-state index in [0.717, 1.165) is 37.9 Å². The predicted octanol–water partition coefficient (Wildman–Crippen LogP) is 5.52. The lowest BCUT2D eigenvalue weighted by atomic mass is 9.96. The Kier molecular flexibility index (Phi) is 9.01. The summed E-state index contributed by atoms with van der Waals surface area (Å²) in [5, 5.41) is 6.05. The van der Waals surface area contributed by atoms with Crippen molar-refractivity contribution >= 4 is 34.8 Å². The quantitative estimate of drug-likeness (QED) is 0.552. The lowest BCUT2D eigenvalue weighted by molar-refractivity contribution is -0.120. The van der Waals surface area contributed by atoms with Crippen LogP contribution < -0.4 is 10.6 Å². The molecule has 0 spiro atoms. The first-order valence-corrected chi connectivity index (χ1v) is 12.3. The van der Waals surface area contributed by atoms with Gasteiger partial charge in [-0.2, -0.15) is 0 Å². The highest BCUT2D eigenvalue weighted by atomic mass is 32.1. The summed E-state index contributed by atoms with van der Waals surface area (Å²) in [6.07, 6.45) is 5.49. The van der Waals surface area contributed by atoms with E-state index in [1.54, 1.807) is 6.07 Å². The molecule has 0 bridgehead atoms. The second-order valence-electron chi connectivity index (χ2n) is 9.29. The van der Waals surface area contributed by atoms with Crippen LogP contribution in [0.1, 0.15) is 73.9 Å². The minimum Gasteiger partial charge on any atom is -0.339 e. The average Bonchev–Trinajstić information content (AvgIpc) is 3.08. The van der Waals surface area contributed by atoms with E-state index in [-0.39, 0.29) is 22.8 Å². The number of amides is 2. The van der Waals surface area contributed by atoms with Gasteiger partial charge in [0.1, 0.15) is 0 Å². The first-order valence-electron chi connectivity index (χ1n) is 11.9. The monoisotopic (exact) mass is 465 g/mol. The van der Waals surface area contributed by atoms with Crippen molar-refractivity contribution in [3.05, 3.63) is 65.2 Å². The maximum absolute atomic E-state index is 12.9. The number of nitrogens with one attached hydrogen (secondary N) is 2. The number of rotatable bonds is 6. The summed E-state index contributed by atoms with van der Waals surface area (Å²) in [7, 11) is 0. The Hall–Kier alpha value is -2.73. The van der Waals surface area contributed by atoms with Crippen molar-refractivity contribution in [2.45, 2.75) is 58.8 Å². The van der Waals surface area contributed by atoms with Gasteiger partial charge >= 0.3 is 0 Å². The Balaban J connectivity index is 1.57. The van der Waals surface area contributed by atoms with E-state index in [9.17, 15) is 9.59 Å². The normalized spacial score (nSPS) is 15.0. The number of carbonyl (C=O) groups excluding carboxylic acids is 2. The first kappa shape index (κ1) is 24.9. The van der Waals surface area contributed by atoms with Gasteiger partial charge in [-0.3, -0.25) is 9.59 Å². The lowest BCUT2D eigenvalue weighted by Gasteiger charge is -2.21. The highest BCUT2D eigenvalue weighted by molar-refractivity contribution is 7.80. The average molecular weight is 466 g/mol. The van der Waals surface area contributed by atoms with Gasteiger partial charge in [0.25, 0.3) is 5.91 Å². The molecule has 5 nitrogen and oxygen atoms in total. The van der Waals surface area contributed by atoms with Crippen LogP contribution in [0.4, 0.5) is 5.69 Å². The minimum absolute atomic E-state index is 0.0463. The van der Waals surface area contributed by atoms with Gasteiger partial charge in [-0.05, 0) is 73.6 Å². The Bertz CT molecular complexity index is 964. The van der Waals surface area contributed by atoms with Gasteiger partial charge in [-0.1, -0.05) is 57.0 Å². The molecule has 0 aromatic heterocycles. The molecule has 0 radical (unpaired) electrons. The second kappa shape index (κ2) is 11.9. The highest BCUT2D eigenvalue weighted by Gasteiger charge is 2.19. The molecule has 0 saturated carbocycles. The van der Waals surface area contributed by atoms with Crippen LogP contribution in [-0.4, -0.2) is 34.9 Å². The van der Waals surface area contributed by atoms with Gasteiger partial charge in [0.15, 0.2) is 5.11 Å². The van der Waals surface area contributed by atoms with Crippen LogP contribution in [0.2, 0.25) is 0 Å².